The molecule has 1 heterocycles. The van der Waals surface area contributed by atoms with Crippen molar-refractivity contribution < 1.29 is 43.6 Å². The van der Waals surface area contributed by atoms with Crippen LogP contribution >= 0.6 is 0 Å². The molecule has 11 atom stereocenters. The predicted molar refractivity (Wildman–Crippen MR) is 278 cm³/mol. The monoisotopic (exact) mass is 994 g/mol. The van der Waals surface area contributed by atoms with E-state index in [4.69, 9.17) is 14.2 Å². The number of aliphatic hydroxyl groups excluding tert-OH is 2. The number of nitrogens with one attached hydrogen (secondary N) is 2. The fraction of sp³-hybridized carbons (Fsp3) is 0.825. The van der Waals surface area contributed by atoms with Crippen molar-refractivity contribution in [2.45, 2.75) is 189 Å². The van der Waals surface area contributed by atoms with Gasteiger partial charge in [0.05, 0.1) is 31.8 Å². The van der Waals surface area contributed by atoms with Crippen LogP contribution in [0.1, 0.15) is 153 Å². The summed E-state index contributed by atoms with van der Waals surface area (Å²) < 4.78 is 17.0. The number of anilines is 1. The Morgan fingerprint density at radius 2 is 1.25 bits per heavy atom. The molecule has 1 amide bonds. The maximum absolute atomic E-state index is 13.5. The fourth-order valence-electron chi connectivity index (χ4n) is 13.9. The molecule has 4 saturated carbocycles. The maximum atomic E-state index is 13.5. The van der Waals surface area contributed by atoms with E-state index in [2.05, 4.69) is 46.1 Å². The van der Waals surface area contributed by atoms with E-state index in [1.165, 1.54) is 12.8 Å². The number of fused-ring (bicyclic) bond motifs is 5. The van der Waals surface area contributed by atoms with E-state index in [1.807, 2.05) is 86.6 Å². The van der Waals surface area contributed by atoms with Crippen LogP contribution in [0.5, 0.6) is 0 Å². The largest absolute Gasteiger partial charge is 0.459 e. The Hall–Kier alpha value is -3.14. The molecule has 4 aliphatic carbocycles. The summed E-state index contributed by atoms with van der Waals surface area (Å²) in [5.74, 6) is 1.98. The molecule has 402 valence electrons. The normalized spacial score (nSPS) is 31.1. The third-order valence-corrected chi connectivity index (χ3v) is 17.2. The van der Waals surface area contributed by atoms with Gasteiger partial charge in [-0.15, -0.1) is 0 Å². The lowest BCUT2D eigenvalue weighted by molar-refractivity contribution is -0.174. The van der Waals surface area contributed by atoms with E-state index in [0.717, 1.165) is 56.2 Å². The molecule has 14 heteroatoms. The smallest absolute Gasteiger partial charge is 0.320 e. The third-order valence-electron chi connectivity index (χ3n) is 17.2. The first-order valence-electron chi connectivity index (χ1n) is 27.4. The van der Waals surface area contributed by atoms with Gasteiger partial charge >= 0.3 is 17.9 Å². The molecule has 0 spiro atoms. The molecule has 5 aliphatic rings. The van der Waals surface area contributed by atoms with E-state index in [1.54, 1.807) is 0 Å². The summed E-state index contributed by atoms with van der Waals surface area (Å²) in [7, 11) is 0. The number of hydrogen-bond acceptors (Lipinski definition) is 13. The van der Waals surface area contributed by atoms with Crippen LogP contribution in [-0.2, 0) is 39.8 Å². The van der Waals surface area contributed by atoms with Crippen molar-refractivity contribution >= 4 is 29.5 Å². The average Bonchev–Trinajstić information content (AvgIpc) is 3.65. The summed E-state index contributed by atoms with van der Waals surface area (Å²) in [5.41, 5.74) is 0.0171. The molecule has 1 aliphatic heterocycles. The average molecular weight is 994 g/mol. The van der Waals surface area contributed by atoms with Gasteiger partial charge in [-0.2, -0.15) is 0 Å². The number of hydrogen-bond donors (Lipinski definition) is 4. The molecule has 1 aromatic carbocycles. The van der Waals surface area contributed by atoms with Gasteiger partial charge in [-0.3, -0.25) is 33.9 Å². The summed E-state index contributed by atoms with van der Waals surface area (Å²) >= 11 is 0. The lowest BCUT2D eigenvalue weighted by atomic mass is 9.43. The summed E-state index contributed by atoms with van der Waals surface area (Å²) in [6.07, 6.45) is 9.69. The second kappa shape index (κ2) is 23.6. The van der Waals surface area contributed by atoms with Gasteiger partial charge in [0.2, 0.25) is 5.91 Å². The quantitative estimate of drug-likeness (QED) is 0.0951. The van der Waals surface area contributed by atoms with Crippen LogP contribution < -0.4 is 10.6 Å². The summed E-state index contributed by atoms with van der Waals surface area (Å²) in [5, 5.41) is 29.2. The van der Waals surface area contributed by atoms with Crippen LogP contribution in [0, 0.1) is 46.3 Å². The van der Waals surface area contributed by atoms with Crippen molar-refractivity contribution in [3.63, 3.8) is 0 Å². The summed E-state index contributed by atoms with van der Waals surface area (Å²) in [6, 6.07) is 7.80. The lowest BCUT2D eigenvalue weighted by Gasteiger charge is -2.62. The highest BCUT2D eigenvalue weighted by atomic mass is 16.6. The zero-order chi connectivity index (χ0) is 52.1. The Bertz CT molecular complexity index is 1900. The zero-order valence-electron chi connectivity index (χ0n) is 45.9. The number of benzene rings is 1. The fourth-order valence-corrected chi connectivity index (χ4v) is 13.9. The van der Waals surface area contributed by atoms with Crippen LogP contribution in [0.15, 0.2) is 24.3 Å². The van der Waals surface area contributed by atoms with E-state index >= 15 is 0 Å². The van der Waals surface area contributed by atoms with Crippen molar-refractivity contribution in [1.82, 2.24) is 20.0 Å². The Kier molecular flexibility index (Phi) is 19.0. The first-order chi connectivity index (χ1) is 33.1. The number of rotatable bonds is 16. The van der Waals surface area contributed by atoms with Crippen molar-refractivity contribution in [2.75, 3.05) is 70.8 Å². The standard InChI is InChI=1S/C57H95N5O9/c1-38(45-20-21-46-44-19-16-40-32-43(63)23-24-56(40,11)47(44)33-48(64)57(45,46)12)13-22-49(65)59-41-17-14-39(15-18-41)31-42(58-34-50(66)69-53(2,3)4)35-60-25-27-61(36-51(67)70-54(5,6)7)29-30-62(28-26-60)37-52(68)71-55(8,9)10/h14-15,17-18,38,40,42-48,58,63-64H,13,16,19-37H2,1-12H3,(H,59,65). The second-order valence-electron chi connectivity index (χ2n) is 26.0. The molecule has 0 bridgehead atoms. The number of amides is 1. The predicted octanol–water partition coefficient (Wildman–Crippen LogP) is 7.48. The number of nitrogens with zero attached hydrogens (tertiary/aromatic N) is 3. The molecule has 1 saturated heterocycles. The molecule has 0 aromatic heterocycles. The van der Waals surface area contributed by atoms with Gasteiger partial charge < -0.3 is 35.1 Å². The topological polar surface area (TPSA) is 170 Å². The third kappa shape index (κ3) is 15.9. The highest BCUT2D eigenvalue weighted by molar-refractivity contribution is 5.90. The molecule has 4 N–H and O–H groups in total. The lowest BCUT2D eigenvalue weighted by Crippen LogP contribution is -2.58. The van der Waals surface area contributed by atoms with Crippen LogP contribution in [0.4, 0.5) is 5.69 Å². The van der Waals surface area contributed by atoms with Crippen LogP contribution in [0.25, 0.3) is 0 Å². The van der Waals surface area contributed by atoms with Gasteiger partial charge in [-0.25, -0.2) is 0 Å². The van der Waals surface area contributed by atoms with Gasteiger partial charge in [0, 0.05) is 64.0 Å². The Balaban J connectivity index is 1.07. The van der Waals surface area contributed by atoms with Gasteiger partial charge in [0.25, 0.3) is 0 Å². The number of carbonyl (C=O) groups excluding carboxylic acids is 4. The zero-order valence-corrected chi connectivity index (χ0v) is 45.9. The van der Waals surface area contributed by atoms with Gasteiger partial charge in [-0.05, 0) is 191 Å². The van der Waals surface area contributed by atoms with E-state index in [-0.39, 0.29) is 72.5 Å². The molecule has 0 radical (unpaired) electrons. The number of aliphatic hydroxyl groups is 2. The van der Waals surface area contributed by atoms with Gasteiger partial charge in [0.15, 0.2) is 0 Å². The van der Waals surface area contributed by atoms with E-state index in [0.29, 0.717) is 94.2 Å². The Morgan fingerprint density at radius 3 is 1.82 bits per heavy atom. The molecule has 14 nitrogen and oxygen atoms in total. The Morgan fingerprint density at radius 1 is 0.704 bits per heavy atom. The highest BCUT2D eigenvalue weighted by Gasteiger charge is 2.63. The summed E-state index contributed by atoms with van der Waals surface area (Å²) in [6.45, 7) is 28.5. The second-order valence-corrected chi connectivity index (χ2v) is 26.0. The van der Waals surface area contributed by atoms with Crippen molar-refractivity contribution in [3.8, 4) is 0 Å². The van der Waals surface area contributed by atoms with E-state index in [9.17, 15) is 29.4 Å². The minimum absolute atomic E-state index is 0.00869. The van der Waals surface area contributed by atoms with Crippen molar-refractivity contribution in [2.24, 2.45) is 46.3 Å². The molecule has 5 fully saturated rings. The number of esters is 3. The summed E-state index contributed by atoms with van der Waals surface area (Å²) in [4.78, 5) is 59.1. The molecule has 71 heavy (non-hydrogen) atoms. The van der Waals surface area contributed by atoms with Crippen molar-refractivity contribution in [3.05, 3.63) is 29.8 Å². The van der Waals surface area contributed by atoms with Crippen molar-refractivity contribution in [1.29, 1.82) is 0 Å². The van der Waals surface area contributed by atoms with Crippen LogP contribution in [-0.4, -0.2) is 149 Å². The molecule has 6 rings (SSSR count). The Labute approximate surface area is 427 Å². The van der Waals surface area contributed by atoms with Gasteiger partial charge in [-0.1, -0.05) is 32.9 Å². The number of carbonyl (C=O) groups is 4. The minimum atomic E-state index is -0.623. The molecular formula is C57H95N5O9. The molecule has 11 unspecified atom stereocenters. The maximum Gasteiger partial charge on any atom is 0.320 e. The van der Waals surface area contributed by atoms with Crippen LogP contribution in [0.2, 0.25) is 0 Å². The first kappa shape index (κ1) is 57.1. The minimum Gasteiger partial charge on any atom is -0.459 e. The number of ether oxygens (including phenoxy) is 3. The molecule has 1 aromatic rings. The van der Waals surface area contributed by atoms with Gasteiger partial charge in [0.1, 0.15) is 16.8 Å². The SMILES string of the molecule is CC(CCC(=O)Nc1ccc(CC(CN2CCN(CC(=O)OC(C)(C)C)CCN(CC(=O)OC(C)(C)C)CC2)NCC(=O)OC(C)(C)C)cc1)C1CCC2C3CCC4CC(O)CCC4(C)C3CC(O)C12C. The molecular weight excluding hydrogens is 899 g/mol. The first-order valence-corrected chi connectivity index (χ1v) is 27.4. The highest BCUT2D eigenvalue weighted by Crippen LogP contribution is 2.68. The van der Waals surface area contributed by atoms with E-state index < -0.39 is 16.8 Å². The van der Waals surface area contributed by atoms with Crippen LogP contribution in [0.3, 0.4) is 0 Å².